The summed E-state index contributed by atoms with van der Waals surface area (Å²) in [5.74, 6) is 1.26. The lowest BCUT2D eigenvalue weighted by Gasteiger charge is -2.22. The Labute approximate surface area is 91.3 Å². The Balaban J connectivity index is 1.69. The molecule has 0 aliphatic heterocycles. The molecule has 2 saturated carbocycles. The fraction of sp³-hybridized carbons (Fsp3) is 0.917. The molecule has 0 N–H and O–H groups in total. The van der Waals surface area contributed by atoms with Gasteiger partial charge < -0.3 is 0 Å². The van der Waals surface area contributed by atoms with Crippen molar-refractivity contribution in [1.29, 1.82) is 5.26 Å². The summed E-state index contributed by atoms with van der Waals surface area (Å²) < 4.78 is 0. The average Bonchev–Trinajstić information content (AvgIpc) is 2.98. The standard InChI is InChI=1S/C12H19NS/c13-9-8-12(6-7-12)10-14-11-4-2-1-3-5-11/h11H,1-8,10H2. The summed E-state index contributed by atoms with van der Waals surface area (Å²) in [5.41, 5.74) is 0.455. The Bertz CT molecular complexity index is 221. The maximum atomic E-state index is 8.72. The molecule has 14 heavy (non-hydrogen) atoms. The molecule has 0 aromatic carbocycles. The second kappa shape index (κ2) is 4.57. The Morgan fingerprint density at radius 3 is 2.50 bits per heavy atom. The fourth-order valence-corrected chi connectivity index (χ4v) is 3.89. The van der Waals surface area contributed by atoms with Crippen LogP contribution < -0.4 is 0 Å². The van der Waals surface area contributed by atoms with Gasteiger partial charge in [-0.05, 0) is 31.1 Å². The van der Waals surface area contributed by atoms with Crippen molar-refractivity contribution < 1.29 is 0 Å². The molecule has 2 aliphatic rings. The molecule has 78 valence electrons. The molecule has 0 unspecified atom stereocenters. The first kappa shape index (κ1) is 10.4. The van der Waals surface area contributed by atoms with E-state index < -0.39 is 0 Å². The Kier molecular flexibility index (Phi) is 3.38. The van der Waals surface area contributed by atoms with E-state index in [2.05, 4.69) is 17.8 Å². The molecule has 2 rings (SSSR count). The lowest BCUT2D eigenvalue weighted by atomic mass is 10.0. The summed E-state index contributed by atoms with van der Waals surface area (Å²) in [4.78, 5) is 0. The van der Waals surface area contributed by atoms with E-state index in [9.17, 15) is 0 Å². The molecule has 0 aromatic rings. The lowest BCUT2D eigenvalue weighted by Crippen LogP contribution is -2.12. The van der Waals surface area contributed by atoms with Crippen molar-refractivity contribution >= 4 is 11.8 Å². The summed E-state index contributed by atoms with van der Waals surface area (Å²) in [7, 11) is 0. The van der Waals surface area contributed by atoms with Crippen LogP contribution in [0.3, 0.4) is 0 Å². The summed E-state index contributed by atoms with van der Waals surface area (Å²) in [6.45, 7) is 0. The highest BCUT2D eigenvalue weighted by Gasteiger charge is 2.42. The van der Waals surface area contributed by atoms with E-state index in [0.717, 1.165) is 11.7 Å². The predicted octanol–water partition coefficient (Wildman–Crippen LogP) is 3.75. The molecule has 2 fully saturated rings. The van der Waals surface area contributed by atoms with Gasteiger partial charge in [-0.25, -0.2) is 0 Å². The van der Waals surface area contributed by atoms with Crippen LogP contribution in [0.1, 0.15) is 51.4 Å². The van der Waals surface area contributed by atoms with Crippen LogP contribution in [0.2, 0.25) is 0 Å². The van der Waals surface area contributed by atoms with Gasteiger partial charge in [-0.3, -0.25) is 0 Å². The highest BCUT2D eigenvalue weighted by molar-refractivity contribution is 7.99. The minimum Gasteiger partial charge on any atom is -0.198 e. The molecular weight excluding hydrogens is 190 g/mol. The maximum Gasteiger partial charge on any atom is 0.0627 e. The third-order valence-corrected chi connectivity index (χ3v) is 5.31. The van der Waals surface area contributed by atoms with Crippen molar-refractivity contribution in [1.82, 2.24) is 0 Å². The van der Waals surface area contributed by atoms with E-state index in [1.807, 2.05) is 0 Å². The molecule has 2 heteroatoms. The second-order valence-corrected chi connectivity index (χ2v) is 6.19. The van der Waals surface area contributed by atoms with Gasteiger partial charge in [-0.15, -0.1) is 0 Å². The topological polar surface area (TPSA) is 23.8 Å². The van der Waals surface area contributed by atoms with Crippen LogP contribution >= 0.6 is 11.8 Å². The first-order chi connectivity index (χ1) is 6.85. The van der Waals surface area contributed by atoms with Crippen molar-refractivity contribution in [2.45, 2.75) is 56.6 Å². The monoisotopic (exact) mass is 209 g/mol. The number of hydrogen-bond acceptors (Lipinski definition) is 2. The van der Waals surface area contributed by atoms with Gasteiger partial charge in [-0.1, -0.05) is 19.3 Å². The van der Waals surface area contributed by atoms with Crippen molar-refractivity contribution in [3.63, 3.8) is 0 Å². The highest BCUT2D eigenvalue weighted by atomic mass is 32.2. The average molecular weight is 209 g/mol. The minimum atomic E-state index is 0.455. The van der Waals surface area contributed by atoms with Gasteiger partial charge in [0.1, 0.15) is 0 Å². The summed E-state index contributed by atoms with van der Waals surface area (Å²) in [6.07, 6.45) is 10.6. The molecular formula is C12H19NS. The third kappa shape index (κ3) is 2.67. The first-order valence-corrected chi connectivity index (χ1v) is 6.88. The number of nitrogens with zero attached hydrogens (tertiary/aromatic N) is 1. The zero-order valence-corrected chi connectivity index (χ0v) is 9.61. The molecule has 0 atom stereocenters. The SMILES string of the molecule is N#CCC1(CSC2CCCCC2)CC1. The molecule has 0 aromatic heterocycles. The molecule has 0 radical (unpaired) electrons. The van der Waals surface area contributed by atoms with Gasteiger partial charge in [0.15, 0.2) is 0 Å². The second-order valence-electron chi connectivity index (χ2n) is 4.91. The largest absolute Gasteiger partial charge is 0.198 e. The van der Waals surface area contributed by atoms with Crippen LogP contribution in [0.4, 0.5) is 0 Å². The molecule has 2 aliphatic carbocycles. The van der Waals surface area contributed by atoms with Crippen molar-refractivity contribution in [3.05, 3.63) is 0 Å². The summed E-state index contributed by atoms with van der Waals surface area (Å²) in [5, 5.41) is 9.64. The number of nitriles is 1. The number of rotatable bonds is 4. The van der Waals surface area contributed by atoms with Crippen LogP contribution in [0.5, 0.6) is 0 Å². The molecule has 0 amide bonds. The molecule has 0 heterocycles. The minimum absolute atomic E-state index is 0.455. The quantitative estimate of drug-likeness (QED) is 0.704. The number of thioether (sulfide) groups is 1. The van der Waals surface area contributed by atoms with E-state index in [4.69, 9.17) is 5.26 Å². The predicted molar refractivity (Wildman–Crippen MR) is 61.2 cm³/mol. The Morgan fingerprint density at radius 2 is 1.93 bits per heavy atom. The zero-order chi connectivity index (χ0) is 9.86. The smallest absolute Gasteiger partial charge is 0.0627 e. The van der Waals surface area contributed by atoms with Crippen LogP contribution in [-0.4, -0.2) is 11.0 Å². The number of hydrogen-bond donors (Lipinski definition) is 0. The van der Waals surface area contributed by atoms with Gasteiger partial charge >= 0.3 is 0 Å². The van der Waals surface area contributed by atoms with Gasteiger partial charge in [0.05, 0.1) is 6.07 Å². The molecule has 0 bridgehead atoms. The van der Waals surface area contributed by atoms with Gasteiger partial charge in [-0.2, -0.15) is 17.0 Å². The van der Waals surface area contributed by atoms with E-state index in [0.29, 0.717) is 5.41 Å². The third-order valence-electron chi connectivity index (χ3n) is 3.59. The molecule has 1 nitrogen and oxygen atoms in total. The Hall–Kier alpha value is -0.160. The Morgan fingerprint density at radius 1 is 1.21 bits per heavy atom. The van der Waals surface area contributed by atoms with Crippen molar-refractivity contribution in [3.8, 4) is 6.07 Å². The zero-order valence-electron chi connectivity index (χ0n) is 8.80. The highest BCUT2D eigenvalue weighted by Crippen LogP contribution is 2.51. The van der Waals surface area contributed by atoms with E-state index in [1.165, 1.54) is 50.7 Å². The summed E-state index contributed by atoms with van der Waals surface area (Å²) in [6, 6.07) is 2.34. The van der Waals surface area contributed by atoms with E-state index >= 15 is 0 Å². The first-order valence-electron chi connectivity index (χ1n) is 5.83. The van der Waals surface area contributed by atoms with Gasteiger partial charge in [0.2, 0.25) is 0 Å². The van der Waals surface area contributed by atoms with Crippen LogP contribution in [-0.2, 0) is 0 Å². The molecule has 0 spiro atoms. The van der Waals surface area contributed by atoms with Gasteiger partial charge in [0, 0.05) is 17.4 Å². The maximum absolute atomic E-state index is 8.72. The van der Waals surface area contributed by atoms with Crippen LogP contribution in [0.15, 0.2) is 0 Å². The lowest BCUT2D eigenvalue weighted by molar-refractivity contribution is 0.512. The van der Waals surface area contributed by atoms with Crippen LogP contribution in [0, 0.1) is 16.7 Å². The van der Waals surface area contributed by atoms with E-state index in [1.54, 1.807) is 0 Å². The van der Waals surface area contributed by atoms with E-state index in [-0.39, 0.29) is 0 Å². The summed E-state index contributed by atoms with van der Waals surface area (Å²) >= 11 is 2.16. The van der Waals surface area contributed by atoms with Crippen LogP contribution in [0.25, 0.3) is 0 Å². The van der Waals surface area contributed by atoms with Crippen molar-refractivity contribution in [2.24, 2.45) is 5.41 Å². The van der Waals surface area contributed by atoms with Gasteiger partial charge in [0.25, 0.3) is 0 Å². The fourth-order valence-electron chi connectivity index (χ4n) is 2.24. The normalized spacial score (nSPS) is 25.6. The molecule has 0 saturated heterocycles. The van der Waals surface area contributed by atoms with Crippen molar-refractivity contribution in [2.75, 3.05) is 5.75 Å².